The van der Waals surface area contributed by atoms with Gasteiger partial charge >= 0.3 is 12.1 Å². The summed E-state index contributed by atoms with van der Waals surface area (Å²) in [6, 6.07) is 1.07. The minimum absolute atomic E-state index is 0.148. The maximum atomic E-state index is 14.0. The van der Waals surface area contributed by atoms with E-state index in [1.807, 2.05) is 0 Å². The second-order valence-electron chi connectivity index (χ2n) is 6.80. The smallest absolute Gasteiger partial charge is 0.410 e. The molecule has 2 amide bonds. The Morgan fingerprint density at radius 3 is 2.23 bits per heavy atom. The van der Waals surface area contributed by atoms with Crippen LogP contribution >= 0.6 is 0 Å². The highest BCUT2D eigenvalue weighted by Crippen LogP contribution is 2.16. The van der Waals surface area contributed by atoms with E-state index < -0.39 is 29.4 Å². The average Bonchev–Trinajstić information content (AvgIpc) is 2.59. The molecule has 1 fully saturated rings. The van der Waals surface area contributed by atoms with Crippen molar-refractivity contribution in [1.29, 1.82) is 0 Å². The van der Waals surface area contributed by atoms with E-state index in [0.717, 1.165) is 12.3 Å². The Morgan fingerprint density at radius 1 is 1.12 bits per heavy atom. The van der Waals surface area contributed by atoms with Gasteiger partial charge in [-0.1, -0.05) is 0 Å². The first-order valence-electron chi connectivity index (χ1n) is 8.13. The summed E-state index contributed by atoms with van der Waals surface area (Å²) in [5, 5.41) is 0. The summed E-state index contributed by atoms with van der Waals surface area (Å²) in [7, 11) is 1.17. The van der Waals surface area contributed by atoms with Crippen molar-refractivity contribution in [2.24, 2.45) is 0 Å². The number of piperazine rings is 1. The van der Waals surface area contributed by atoms with Crippen molar-refractivity contribution in [3.63, 3.8) is 0 Å². The summed E-state index contributed by atoms with van der Waals surface area (Å²) in [5.41, 5.74) is -1.01. The van der Waals surface area contributed by atoms with Gasteiger partial charge in [0.2, 0.25) is 0 Å². The fourth-order valence-corrected chi connectivity index (χ4v) is 2.41. The Bertz CT molecular complexity index is 709. The molecule has 1 aliphatic heterocycles. The number of halogens is 1. The van der Waals surface area contributed by atoms with E-state index in [9.17, 15) is 18.8 Å². The van der Waals surface area contributed by atoms with E-state index >= 15 is 0 Å². The molecule has 0 spiro atoms. The molecule has 2 heterocycles. The van der Waals surface area contributed by atoms with Crippen LogP contribution in [0.3, 0.4) is 0 Å². The molecule has 0 radical (unpaired) electrons. The highest BCUT2D eigenvalue weighted by molar-refractivity contribution is 5.97. The number of hydrogen-bond donors (Lipinski definition) is 0. The van der Waals surface area contributed by atoms with Crippen LogP contribution in [0.2, 0.25) is 0 Å². The molecule has 1 saturated heterocycles. The number of esters is 1. The van der Waals surface area contributed by atoms with E-state index in [1.54, 1.807) is 20.8 Å². The number of methoxy groups -OCH3 is 1. The minimum Gasteiger partial charge on any atom is -0.464 e. The SMILES string of the molecule is COC(=O)c1cc(C(=O)N2CCN(C(=O)OC(C)(C)C)CC2)c(F)cn1. The largest absolute Gasteiger partial charge is 0.464 e. The van der Waals surface area contributed by atoms with Gasteiger partial charge in [-0.3, -0.25) is 4.79 Å². The second kappa shape index (κ2) is 7.67. The Labute approximate surface area is 150 Å². The number of amides is 2. The number of carbonyl (C=O) groups is 3. The molecule has 0 aliphatic carbocycles. The standard InChI is InChI=1S/C17H22FN3O5/c1-17(2,3)26-16(24)21-7-5-20(6-8-21)14(22)11-9-13(15(23)25-4)19-10-12(11)18/h9-10H,5-8H2,1-4H3. The van der Waals surface area contributed by atoms with Gasteiger partial charge in [0.15, 0.2) is 5.82 Å². The molecule has 8 nitrogen and oxygen atoms in total. The summed E-state index contributed by atoms with van der Waals surface area (Å²) in [4.78, 5) is 42.7. The first kappa shape index (κ1) is 19.6. The lowest BCUT2D eigenvalue weighted by atomic mass is 10.1. The third kappa shape index (κ3) is 4.68. The minimum atomic E-state index is -0.822. The first-order valence-corrected chi connectivity index (χ1v) is 8.13. The van der Waals surface area contributed by atoms with Crippen LogP contribution in [0, 0.1) is 5.82 Å². The van der Waals surface area contributed by atoms with Crippen molar-refractivity contribution in [2.45, 2.75) is 26.4 Å². The molecule has 1 aliphatic rings. The molecule has 2 rings (SSSR count). The van der Waals surface area contributed by atoms with Crippen LogP contribution in [0.5, 0.6) is 0 Å². The molecule has 1 aromatic heterocycles. The van der Waals surface area contributed by atoms with Crippen molar-refractivity contribution in [3.05, 3.63) is 29.3 Å². The number of carbonyl (C=O) groups excluding carboxylic acids is 3. The molecule has 0 unspecified atom stereocenters. The Kier molecular flexibility index (Phi) is 5.79. The van der Waals surface area contributed by atoms with Crippen LogP contribution in [-0.4, -0.2) is 71.6 Å². The molecule has 0 aromatic carbocycles. The number of hydrogen-bond acceptors (Lipinski definition) is 6. The van der Waals surface area contributed by atoms with Gasteiger partial charge in [-0.15, -0.1) is 0 Å². The lowest BCUT2D eigenvalue weighted by Crippen LogP contribution is -2.51. The van der Waals surface area contributed by atoms with E-state index in [1.165, 1.54) is 16.9 Å². The predicted octanol–water partition coefficient (Wildman–Crippen LogP) is 1.70. The Balaban J connectivity index is 2.05. The van der Waals surface area contributed by atoms with Crippen molar-refractivity contribution < 1.29 is 28.2 Å². The summed E-state index contributed by atoms with van der Waals surface area (Å²) >= 11 is 0. The zero-order chi connectivity index (χ0) is 19.5. The Hall–Kier alpha value is -2.71. The van der Waals surface area contributed by atoms with Crippen molar-refractivity contribution in [1.82, 2.24) is 14.8 Å². The predicted molar refractivity (Wildman–Crippen MR) is 89.2 cm³/mol. The fourth-order valence-electron chi connectivity index (χ4n) is 2.41. The molecule has 26 heavy (non-hydrogen) atoms. The van der Waals surface area contributed by atoms with E-state index in [0.29, 0.717) is 0 Å². The van der Waals surface area contributed by atoms with E-state index in [2.05, 4.69) is 9.72 Å². The van der Waals surface area contributed by atoms with Gasteiger partial charge in [0.25, 0.3) is 5.91 Å². The van der Waals surface area contributed by atoms with Gasteiger partial charge in [-0.25, -0.2) is 19.0 Å². The quantitative estimate of drug-likeness (QED) is 0.739. The summed E-state index contributed by atoms with van der Waals surface area (Å²) in [5.74, 6) is -2.15. The lowest BCUT2D eigenvalue weighted by molar-refractivity contribution is 0.0140. The molecule has 0 N–H and O–H groups in total. The highest BCUT2D eigenvalue weighted by atomic mass is 19.1. The van der Waals surface area contributed by atoms with Crippen LogP contribution in [0.25, 0.3) is 0 Å². The molecule has 142 valence electrons. The maximum absolute atomic E-state index is 14.0. The fraction of sp³-hybridized carbons (Fsp3) is 0.529. The normalized spacial score (nSPS) is 14.8. The number of pyridine rings is 1. The monoisotopic (exact) mass is 367 g/mol. The van der Waals surface area contributed by atoms with Gasteiger partial charge in [-0.2, -0.15) is 0 Å². The van der Waals surface area contributed by atoms with Crippen molar-refractivity contribution in [2.75, 3.05) is 33.3 Å². The topological polar surface area (TPSA) is 89.0 Å². The van der Waals surface area contributed by atoms with Crippen LogP contribution in [0.1, 0.15) is 41.6 Å². The van der Waals surface area contributed by atoms with Gasteiger partial charge in [0, 0.05) is 26.2 Å². The molecule has 0 bridgehead atoms. The van der Waals surface area contributed by atoms with Gasteiger partial charge in [0.1, 0.15) is 11.3 Å². The zero-order valence-electron chi connectivity index (χ0n) is 15.2. The molecule has 0 atom stereocenters. The molecule has 1 aromatic rings. The molecule has 9 heteroatoms. The summed E-state index contributed by atoms with van der Waals surface area (Å²) in [6.45, 7) is 6.33. The van der Waals surface area contributed by atoms with Crippen LogP contribution in [0.15, 0.2) is 12.3 Å². The third-order valence-electron chi connectivity index (χ3n) is 3.70. The van der Waals surface area contributed by atoms with Gasteiger partial charge in [-0.05, 0) is 26.8 Å². The molecular weight excluding hydrogens is 345 g/mol. The number of rotatable bonds is 2. The molecular formula is C17H22FN3O5. The second-order valence-corrected chi connectivity index (χ2v) is 6.80. The Morgan fingerprint density at radius 2 is 1.69 bits per heavy atom. The average molecular weight is 367 g/mol. The number of aromatic nitrogens is 1. The van der Waals surface area contributed by atoms with Crippen molar-refractivity contribution >= 4 is 18.0 Å². The number of ether oxygens (including phenoxy) is 2. The van der Waals surface area contributed by atoms with Gasteiger partial charge in [0.05, 0.1) is 18.9 Å². The zero-order valence-corrected chi connectivity index (χ0v) is 15.2. The third-order valence-corrected chi connectivity index (χ3v) is 3.70. The van der Waals surface area contributed by atoms with Crippen molar-refractivity contribution in [3.8, 4) is 0 Å². The molecule has 0 saturated carbocycles. The summed E-state index contributed by atoms with van der Waals surface area (Å²) < 4.78 is 23.8. The van der Waals surface area contributed by atoms with E-state index in [4.69, 9.17) is 4.74 Å². The number of nitrogens with zero attached hydrogens (tertiary/aromatic N) is 3. The van der Waals surface area contributed by atoms with Gasteiger partial charge < -0.3 is 19.3 Å². The van der Waals surface area contributed by atoms with Crippen LogP contribution < -0.4 is 0 Å². The van der Waals surface area contributed by atoms with Crippen LogP contribution in [-0.2, 0) is 9.47 Å². The maximum Gasteiger partial charge on any atom is 0.410 e. The summed E-state index contributed by atoms with van der Waals surface area (Å²) in [6.07, 6.45) is 0.365. The van der Waals surface area contributed by atoms with Crippen LogP contribution in [0.4, 0.5) is 9.18 Å². The highest BCUT2D eigenvalue weighted by Gasteiger charge is 2.29. The lowest BCUT2D eigenvalue weighted by Gasteiger charge is -2.35. The van der Waals surface area contributed by atoms with E-state index in [-0.39, 0.29) is 37.4 Å². The first-order chi connectivity index (χ1) is 12.1.